The van der Waals surface area contributed by atoms with Gasteiger partial charge >= 0.3 is 6.09 Å². The van der Waals surface area contributed by atoms with Gasteiger partial charge in [0, 0.05) is 0 Å². The number of carbonyl (C=O) groups is 2. The van der Waals surface area contributed by atoms with Crippen LogP contribution >= 0.6 is 13.5 Å². The summed E-state index contributed by atoms with van der Waals surface area (Å²) in [6, 6.07) is -0.447. The van der Waals surface area contributed by atoms with E-state index in [1.54, 1.807) is 0 Å². The molecule has 0 saturated heterocycles. The number of carbonyl (C=O) groups excluding carboxylic acids is 2. The van der Waals surface area contributed by atoms with Crippen molar-refractivity contribution in [3.63, 3.8) is 0 Å². The first-order valence-corrected chi connectivity index (χ1v) is 3.84. The Morgan fingerprint density at radius 2 is 1.77 bits per heavy atom. The van der Waals surface area contributed by atoms with Gasteiger partial charge < -0.3 is 10.1 Å². The molecule has 0 rings (SSSR count). The second-order valence-electron chi connectivity index (χ2n) is 2.97. The van der Waals surface area contributed by atoms with Crippen molar-refractivity contribution >= 4 is 25.4 Å². The van der Waals surface area contributed by atoms with Crippen LogP contribution in [0.2, 0.25) is 0 Å². The van der Waals surface area contributed by atoms with Gasteiger partial charge in [-0.3, -0.25) is 4.79 Å². The molecule has 78 valence electrons. The molecule has 0 aromatic heterocycles. The first-order chi connectivity index (χ1) is 5.49. The minimum Gasteiger partial charge on any atom is -0.453 e. The van der Waals surface area contributed by atoms with Gasteiger partial charge in [-0.1, -0.05) is 13.8 Å². The van der Waals surface area contributed by atoms with Crippen molar-refractivity contribution in [2.75, 3.05) is 7.11 Å². The quantitative estimate of drug-likeness (QED) is 0.753. The molecule has 0 radical (unpaired) electrons. The van der Waals surface area contributed by atoms with Crippen LogP contribution in [0.15, 0.2) is 0 Å². The summed E-state index contributed by atoms with van der Waals surface area (Å²) < 4.78 is 4.38. The number of rotatable bonds is 3. The molecular weight excluding hydrogens is 190 g/mol. The Hall–Kier alpha value is -0.710. The fourth-order valence-corrected chi connectivity index (χ4v) is 0.924. The molecule has 0 aliphatic carbocycles. The Balaban J connectivity index is 0. The van der Waals surface area contributed by atoms with E-state index in [0.717, 1.165) is 0 Å². The fourth-order valence-electron chi connectivity index (χ4n) is 0.924. The van der Waals surface area contributed by atoms with E-state index >= 15 is 0 Å². The molecule has 0 aliphatic rings. The number of hydrogen-bond acceptors (Lipinski definition) is 3. The number of amides is 1. The highest BCUT2D eigenvalue weighted by Crippen LogP contribution is 2.02. The maximum absolute atomic E-state index is 11.0. The van der Waals surface area contributed by atoms with Crippen LogP contribution in [0.1, 0.15) is 20.8 Å². The molecule has 4 nitrogen and oxygen atoms in total. The molecule has 0 aliphatic heterocycles. The second kappa shape index (κ2) is 6.77. The van der Waals surface area contributed by atoms with E-state index in [0.29, 0.717) is 0 Å². The Bertz CT molecular complexity index is 182. The number of hydrogen-bond donors (Lipinski definition) is 1. The third-order valence-corrected chi connectivity index (χ3v) is 1.56. The van der Waals surface area contributed by atoms with Crippen molar-refractivity contribution in [3.05, 3.63) is 0 Å². The van der Waals surface area contributed by atoms with Gasteiger partial charge in [-0.2, -0.15) is 13.5 Å². The minimum absolute atomic E-state index is 0. The molecule has 0 fully saturated rings. The average Bonchev–Trinajstić information content (AvgIpc) is 1.98. The van der Waals surface area contributed by atoms with Crippen LogP contribution in [0.4, 0.5) is 4.79 Å². The van der Waals surface area contributed by atoms with Crippen molar-refractivity contribution in [2.24, 2.45) is 5.92 Å². The number of Topliss-reactive ketones (excluding diaryl/α,β-unsaturated/α-hetero) is 1. The lowest BCUT2D eigenvalue weighted by Crippen LogP contribution is -2.43. The predicted octanol–water partition coefficient (Wildman–Crippen LogP) is 1.07. The van der Waals surface area contributed by atoms with Gasteiger partial charge in [0.2, 0.25) is 0 Å². The summed E-state index contributed by atoms with van der Waals surface area (Å²) in [5, 5.41) is 2.45. The normalized spacial score (nSPS) is 11.5. The molecule has 0 saturated carbocycles. The number of alkyl carbamates (subject to hydrolysis) is 1. The number of ether oxygens (including phenoxy) is 1. The number of nitrogens with one attached hydrogen (secondary N) is 1. The smallest absolute Gasteiger partial charge is 0.407 e. The van der Waals surface area contributed by atoms with Gasteiger partial charge in [0.1, 0.15) is 0 Å². The SMILES string of the molecule is COC(=O)N[C@H](C(C)=O)C(C)C.S. The molecule has 13 heavy (non-hydrogen) atoms. The fraction of sp³-hybridized carbons (Fsp3) is 0.750. The van der Waals surface area contributed by atoms with E-state index in [-0.39, 0.29) is 25.2 Å². The van der Waals surface area contributed by atoms with E-state index in [1.807, 2.05) is 13.8 Å². The van der Waals surface area contributed by atoms with Crippen LogP contribution < -0.4 is 5.32 Å². The molecule has 1 amide bonds. The zero-order chi connectivity index (χ0) is 9.72. The van der Waals surface area contributed by atoms with Crippen LogP contribution in [0.25, 0.3) is 0 Å². The lowest BCUT2D eigenvalue weighted by atomic mass is 10.0. The molecule has 0 aromatic carbocycles. The summed E-state index contributed by atoms with van der Waals surface area (Å²) in [6.07, 6.45) is -0.566. The van der Waals surface area contributed by atoms with Gasteiger partial charge in [-0.25, -0.2) is 4.79 Å². The van der Waals surface area contributed by atoms with Crippen molar-refractivity contribution in [1.29, 1.82) is 0 Å². The maximum atomic E-state index is 11.0. The number of methoxy groups -OCH3 is 1. The second-order valence-corrected chi connectivity index (χ2v) is 2.97. The Labute approximate surface area is 85.5 Å². The summed E-state index contributed by atoms with van der Waals surface area (Å²) in [5.41, 5.74) is 0. The summed E-state index contributed by atoms with van der Waals surface area (Å²) in [5.74, 6) is 0.0250. The van der Waals surface area contributed by atoms with E-state index in [9.17, 15) is 9.59 Å². The molecule has 0 aromatic rings. The third kappa shape index (κ3) is 5.52. The Morgan fingerprint density at radius 1 is 1.31 bits per heavy atom. The standard InChI is InChI=1S/C8H15NO3.H2S/c1-5(2)7(6(3)10)9-8(11)12-4;/h5,7H,1-4H3,(H,9,11);1H2/t7-;/m0./s1. The lowest BCUT2D eigenvalue weighted by Gasteiger charge is -2.18. The summed E-state index contributed by atoms with van der Waals surface area (Å²) in [6.45, 7) is 5.17. The Kier molecular flexibility index (Phi) is 7.70. The first-order valence-electron chi connectivity index (χ1n) is 3.84. The maximum Gasteiger partial charge on any atom is 0.407 e. The zero-order valence-electron chi connectivity index (χ0n) is 8.38. The molecule has 1 atom stereocenters. The first kappa shape index (κ1) is 14.8. The van der Waals surface area contributed by atoms with Crippen molar-refractivity contribution < 1.29 is 14.3 Å². The van der Waals surface area contributed by atoms with Gasteiger partial charge in [-0.05, 0) is 12.8 Å². The van der Waals surface area contributed by atoms with Crippen molar-refractivity contribution in [3.8, 4) is 0 Å². The molecule has 0 bridgehead atoms. The molecule has 1 N–H and O–H groups in total. The average molecular weight is 207 g/mol. The largest absolute Gasteiger partial charge is 0.453 e. The van der Waals surface area contributed by atoms with Gasteiger partial charge in [0.05, 0.1) is 13.2 Å². The highest BCUT2D eigenvalue weighted by Gasteiger charge is 2.20. The highest BCUT2D eigenvalue weighted by atomic mass is 32.1. The van der Waals surface area contributed by atoms with Gasteiger partial charge in [-0.15, -0.1) is 0 Å². The van der Waals surface area contributed by atoms with Crippen LogP contribution in [0, 0.1) is 5.92 Å². The Morgan fingerprint density at radius 3 is 2.00 bits per heavy atom. The van der Waals surface area contributed by atoms with E-state index in [1.165, 1.54) is 14.0 Å². The van der Waals surface area contributed by atoms with Crippen molar-refractivity contribution in [1.82, 2.24) is 5.32 Å². The lowest BCUT2D eigenvalue weighted by molar-refractivity contribution is -0.119. The summed E-state index contributed by atoms with van der Waals surface area (Å²) in [7, 11) is 1.27. The minimum atomic E-state index is -0.566. The number of ketones is 1. The van der Waals surface area contributed by atoms with E-state index < -0.39 is 12.1 Å². The molecule has 0 heterocycles. The van der Waals surface area contributed by atoms with Crippen LogP contribution in [-0.4, -0.2) is 25.0 Å². The van der Waals surface area contributed by atoms with Crippen molar-refractivity contribution in [2.45, 2.75) is 26.8 Å². The van der Waals surface area contributed by atoms with E-state index in [4.69, 9.17) is 0 Å². The van der Waals surface area contributed by atoms with Gasteiger partial charge in [0.25, 0.3) is 0 Å². The monoisotopic (exact) mass is 207 g/mol. The predicted molar refractivity (Wildman–Crippen MR) is 55.2 cm³/mol. The summed E-state index contributed by atoms with van der Waals surface area (Å²) in [4.78, 5) is 21.7. The third-order valence-electron chi connectivity index (χ3n) is 1.56. The molecule has 5 heteroatoms. The van der Waals surface area contributed by atoms with Gasteiger partial charge in [0.15, 0.2) is 5.78 Å². The summed E-state index contributed by atoms with van der Waals surface area (Å²) >= 11 is 0. The highest BCUT2D eigenvalue weighted by molar-refractivity contribution is 7.59. The topological polar surface area (TPSA) is 55.4 Å². The molecule has 0 unspecified atom stereocenters. The van der Waals surface area contributed by atoms with E-state index in [2.05, 4.69) is 10.1 Å². The van der Waals surface area contributed by atoms with Crippen LogP contribution in [0.3, 0.4) is 0 Å². The molecule has 0 spiro atoms. The molecular formula is C8H17NO3S. The van der Waals surface area contributed by atoms with Crippen LogP contribution in [-0.2, 0) is 9.53 Å². The zero-order valence-corrected chi connectivity index (χ0v) is 9.38. The van der Waals surface area contributed by atoms with Crippen LogP contribution in [0.5, 0.6) is 0 Å².